The lowest BCUT2D eigenvalue weighted by atomic mass is 9.76. The number of nitrogens with zero attached hydrogens (tertiary/aromatic N) is 1. The maximum atomic E-state index is 14.4. The van der Waals surface area contributed by atoms with Crippen molar-refractivity contribution in [2.24, 2.45) is 0 Å². The lowest BCUT2D eigenvalue weighted by Crippen LogP contribution is -2.59. The molecule has 2 N–H and O–H groups in total. The summed E-state index contributed by atoms with van der Waals surface area (Å²) in [6, 6.07) is 16.9. The summed E-state index contributed by atoms with van der Waals surface area (Å²) in [5.41, 5.74) is 5.35. The van der Waals surface area contributed by atoms with Gasteiger partial charge in [-0.05, 0) is 53.3 Å². The molecule has 1 heterocycles. The average molecular weight is 689 g/mol. The van der Waals surface area contributed by atoms with Crippen LogP contribution in [0.15, 0.2) is 66.7 Å². The summed E-state index contributed by atoms with van der Waals surface area (Å²) < 4.78 is 32.3. The van der Waals surface area contributed by atoms with Gasteiger partial charge in [0, 0.05) is 27.7 Å². The number of ether oxygens (including phenoxy) is 1. The number of esters is 1. The number of rotatable bonds is 10. The van der Waals surface area contributed by atoms with Crippen LogP contribution in [0.5, 0.6) is 0 Å². The predicted molar refractivity (Wildman–Crippen MR) is 174 cm³/mol. The van der Waals surface area contributed by atoms with Crippen molar-refractivity contribution in [2.75, 3.05) is 13.4 Å². The van der Waals surface area contributed by atoms with Gasteiger partial charge in [-0.1, -0.05) is 84.6 Å². The van der Waals surface area contributed by atoms with Gasteiger partial charge in [0.25, 0.3) is 11.8 Å². The van der Waals surface area contributed by atoms with Gasteiger partial charge >= 0.3 is 5.97 Å². The van der Waals surface area contributed by atoms with Crippen LogP contribution < -0.4 is 10.2 Å². The first-order valence-corrected chi connectivity index (χ1v) is 17.5. The van der Waals surface area contributed by atoms with Crippen LogP contribution in [0, 0.1) is 0 Å². The highest BCUT2D eigenvalue weighted by molar-refractivity contribution is 7.88. The average Bonchev–Trinajstić information content (AvgIpc) is 3.01. The molecule has 10 nitrogen and oxygen atoms in total. The van der Waals surface area contributed by atoms with E-state index in [9.17, 15) is 22.8 Å². The zero-order valence-electron chi connectivity index (χ0n) is 25.4. The fourth-order valence-electron chi connectivity index (χ4n) is 6.45. The first kappa shape index (κ1) is 33.9. The van der Waals surface area contributed by atoms with Crippen molar-refractivity contribution in [1.29, 1.82) is 0 Å². The predicted octanol–water partition coefficient (Wildman–Crippen LogP) is 5.10. The Morgan fingerprint density at radius 2 is 1.70 bits per heavy atom. The fourth-order valence-corrected chi connectivity index (χ4v) is 7.80. The van der Waals surface area contributed by atoms with Gasteiger partial charge in [0.15, 0.2) is 0 Å². The molecule has 46 heavy (non-hydrogen) atoms. The number of carbonyl (C=O) groups excluding carboxylic acids is 3. The van der Waals surface area contributed by atoms with Crippen molar-refractivity contribution in [3.05, 3.63) is 105 Å². The first-order chi connectivity index (χ1) is 22.0. The van der Waals surface area contributed by atoms with Gasteiger partial charge in [-0.3, -0.25) is 19.2 Å². The number of methoxy groups -OCH3 is 1. The number of halogens is 2. The van der Waals surface area contributed by atoms with Gasteiger partial charge < -0.3 is 9.64 Å². The number of fused-ring (bicyclic) bond motifs is 1. The zero-order valence-corrected chi connectivity index (χ0v) is 27.7. The Morgan fingerprint density at radius 3 is 2.43 bits per heavy atom. The van der Waals surface area contributed by atoms with Gasteiger partial charge in [0.2, 0.25) is 10.0 Å². The van der Waals surface area contributed by atoms with Gasteiger partial charge in [-0.25, -0.2) is 18.6 Å². The molecule has 0 bridgehead atoms. The third-order valence-electron chi connectivity index (χ3n) is 8.37. The smallest absolute Gasteiger partial charge is 0.309 e. The molecule has 3 aromatic carbocycles. The van der Waals surface area contributed by atoms with Crippen LogP contribution in [0.3, 0.4) is 0 Å². The van der Waals surface area contributed by atoms with Crippen LogP contribution in [0.1, 0.15) is 70.3 Å². The minimum Gasteiger partial charge on any atom is -0.469 e. The molecule has 0 saturated heterocycles. The van der Waals surface area contributed by atoms with E-state index in [-0.39, 0.29) is 29.9 Å². The quantitative estimate of drug-likeness (QED) is 0.224. The first-order valence-electron chi connectivity index (χ1n) is 14.9. The molecule has 4 atom stereocenters. The molecule has 0 spiro atoms. The Balaban J connectivity index is 1.52. The lowest BCUT2D eigenvalue weighted by Gasteiger charge is -2.49. The molecule has 0 radical (unpaired) electrons. The van der Waals surface area contributed by atoms with Crippen molar-refractivity contribution < 1.29 is 32.4 Å². The topological polar surface area (TPSA) is 131 Å². The minimum atomic E-state index is -3.61. The van der Waals surface area contributed by atoms with Crippen molar-refractivity contribution in [1.82, 2.24) is 15.1 Å². The number of hydrogen-bond donors (Lipinski definition) is 2. The SMILES string of the molecule is COC(=O)Cc1cccc(CONC(=O)[C@@H]2c3ccccc3C(=O)N([C@H]3CCCC[C@@H]3NS(C)(=O)=O)[C@H]2c2ccc(Cl)cc2Cl)c1. The van der Waals surface area contributed by atoms with Gasteiger partial charge in [0.05, 0.1) is 38.4 Å². The Labute approximate surface area is 278 Å². The third-order valence-corrected chi connectivity index (χ3v) is 9.66. The number of benzene rings is 3. The number of nitrogens with one attached hydrogen (secondary N) is 2. The second-order valence-electron chi connectivity index (χ2n) is 11.6. The van der Waals surface area contributed by atoms with Crippen LogP contribution in [0.2, 0.25) is 10.0 Å². The Hall–Kier alpha value is -3.48. The molecular weight excluding hydrogens is 653 g/mol. The maximum absolute atomic E-state index is 14.4. The van der Waals surface area contributed by atoms with Gasteiger partial charge in [0.1, 0.15) is 0 Å². The highest BCUT2D eigenvalue weighted by Gasteiger charge is 2.49. The largest absolute Gasteiger partial charge is 0.469 e. The molecule has 5 rings (SSSR count). The summed E-state index contributed by atoms with van der Waals surface area (Å²) in [6.45, 7) is 0.00705. The van der Waals surface area contributed by atoms with E-state index in [1.165, 1.54) is 7.11 Å². The third kappa shape index (κ3) is 7.72. The summed E-state index contributed by atoms with van der Waals surface area (Å²) >= 11 is 13.0. The standard InChI is InChI=1S/C33H35Cl2N3O7S/c1-44-29(39)17-20-8-7-9-21(16-20)19-45-36-32(40)30-23-10-3-4-11-24(23)33(41)38(31(30)25-15-14-22(34)18-26(25)35)28-13-6-5-12-27(28)37-46(2,42)43/h3-4,7-11,14-16,18,27-28,30-31,37H,5-6,12-13,17,19H2,1-2H3,(H,36,40)/t27-,28-,30+,31-/m0/s1. The van der Waals surface area contributed by atoms with E-state index in [1.54, 1.807) is 71.6 Å². The van der Waals surface area contributed by atoms with E-state index in [4.69, 9.17) is 32.8 Å². The van der Waals surface area contributed by atoms with Crippen molar-refractivity contribution in [3.8, 4) is 0 Å². The fraction of sp³-hybridized carbons (Fsp3) is 0.364. The molecule has 1 aliphatic heterocycles. The van der Waals surface area contributed by atoms with E-state index < -0.39 is 40.0 Å². The minimum absolute atomic E-state index is 0.00705. The van der Waals surface area contributed by atoms with Crippen molar-refractivity contribution in [2.45, 2.75) is 62.8 Å². The molecule has 2 aliphatic rings. The molecule has 1 saturated carbocycles. The lowest BCUT2D eigenvalue weighted by molar-refractivity contribution is -0.140. The van der Waals surface area contributed by atoms with Gasteiger partial charge in [-0.2, -0.15) is 0 Å². The van der Waals surface area contributed by atoms with Crippen LogP contribution >= 0.6 is 23.2 Å². The van der Waals surface area contributed by atoms with E-state index in [2.05, 4.69) is 10.2 Å². The second-order valence-corrected chi connectivity index (χ2v) is 14.2. The van der Waals surface area contributed by atoms with Crippen LogP contribution in [-0.2, 0) is 42.2 Å². The number of hydroxylamine groups is 1. The number of hydrogen-bond acceptors (Lipinski definition) is 7. The zero-order chi connectivity index (χ0) is 33.0. The Morgan fingerprint density at radius 1 is 0.957 bits per heavy atom. The normalized spacial score (nSPS) is 21.4. The highest BCUT2D eigenvalue weighted by Crippen LogP contribution is 2.47. The summed E-state index contributed by atoms with van der Waals surface area (Å²) in [7, 11) is -2.28. The van der Waals surface area contributed by atoms with E-state index in [1.807, 2.05) is 0 Å². The van der Waals surface area contributed by atoms with Crippen LogP contribution in [0.25, 0.3) is 0 Å². The second kappa shape index (κ2) is 14.5. The van der Waals surface area contributed by atoms with E-state index >= 15 is 0 Å². The highest BCUT2D eigenvalue weighted by atomic mass is 35.5. The van der Waals surface area contributed by atoms with Crippen LogP contribution in [-0.4, -0.2) is 56.6 Å². The van der Waals surface area contributed by atoms with E-state index in [0.717, 1.165) is 30.2 Å². The van der Waals surface area contributed by atoms with Gasteiger partial charge in [-0.15, -0.1) is 0 Å². The monoisotopic (exact) mass is 687 g/mol. The summed E-state index contributed by atoms with van der Waals surface area (Å²) in [5.74, 6) is -2.19. The van der Waals surface area contributed by atoms with Crippen molar-refractivity contribution in [3.63, 3.8) is 0 Å². The Kier molecular flexibility index (Phi) is 10.7. The molecule has 0 unspecified atom stereocenters. The Bertz CT molecular complexity index is 1740. The maximum Gasteiger partial charge on any atom is 0.309 e. The molecule has 13 heteroatoms. The molecule has 1 fully saturated rings. The summed E-state index contributed by atoms with van der Waals surface area (Å²) in [5, 5.41) is 0.648. The number of carbonyl (C=O) groups is 3. The summed E-state index contributed by atoms with van der Waals surface area (Å²) in [4.78, 5) is 47.6. The number of amides is 2. The molecule has 2 amide bonds. The van der Waals surface area contributed by atoms with Crippen LogP contribution in [0.4, 0.5) is 0 Å². The molecule has 0 aromatic heterocycles. The number of sulfonamides is 1. The van der Waals surface area contributed by atoms with E-state index in [0.29, 0.717) is 34.6 Å². The molecular formula is C33H35Cl2N3O7S. The molecule has 3 aromatic rings. The summed E-state index contributed by atoms with van der Waals surface area (Å²) in [6.07, 6.45) is 3.80. The molecule has 244 valence electrons. The molecule has 1 aliphatic carbocycles. The van der Waals surface area contributed by atoms with Crippen molar-refractivity contribution >= 4 is 51.0 Å².